The zero-order valence-electron chi connectivity index (χ0n) is 20.4. The molecule has 182 valence electrons. The molecule has 1 saturated heterocycles. The summed E-state index contributed by atoms with van der Waals surface area (Å²) in [5.74, 6) is 2.40. The molecule has 8 nitrogen and oxygen atoms in total. The molecular formula is C25H31BN6O2S. The van der Waals surface area contributed by atoms with E-state index in [0.717, 1.165) is 48.1 Å². The van der Waals surface area contributed by atoms with Crippen molar-refractivity contribution in [2.45, 2.75) is 31.3 Å². The highest BCUT2D eigenvalue weighted by molar-refractivity contribution is 7.97. The van der Waals surface area contributed by atoms with E-state index in [1.807, 2.05) is 56.4 Å². The topological polar surface area (TPSA) is 83.6 Å². The summed E-state index contributed by atoms with van der Waals surface area (Å²) < 4.78 is 15.2. The lowest BCUT2D eigenvalue weighted by atomic mass is 9.99. The first-order chi connectivity index (χ1) is 17.1. The Labute approximate surface area is 212 Å². The van der Waals surface area contributed by atoms with Crippen LogP contribution in [-0.2, 0) is 0 Å². The van der Waals surface area contributed by atoms with Gasteiger partial charge >= 0.3 is 0 Å². The molecule has 2 aromatic carbocycles. The van der Waals surface area contributed by atoms with E-state index >= 15 is 0 Å². The number of hydrogen-bond acceptors (Lipinski definition) is 9. The molecule has 0 bridgehead atoms. The maximum Gasteiger partial charge on any atom is 0.229 e. The quantitative estimate of drug-likeness (QED) is 0.274. The van der Waals surface area contributed by atoms with Crippen LogP contribution < -0.4 is 30.3 Å². The van der Waals surface area contributed by atoms with Gasteiger partial charge in [-0.2, -0.15) is 4.98 Å². The van der Waals surface area contributed by atoms with Crippen molar-refractivity contribution in [3.63, 3.8) is 0 Å². The third-order valence-corrected chi connectivity index (χ3v) is 6.43. The van der Waals surface area contributed by atoms with Crippen LogP contribution in [0, 0.1) is 0 Å². The van der Waals surface area contributed by atoms with Gasteiger partial charge in [-0.05, 0) is 68.6 Å². The van der Waals surface area contributed by atoms with Crippen LogP contribution in [0.25, 0.3) is 0 Å². The summed E-state index contributed by atoms with van der Waals surface area (Å²) in [5.41, 5.74) is 2.10. The van der Waals surface area contributed by atoms with Crippen molar-refractivity contribution < 1.29 is 9.47 Å². The average molecular weight is 490 g/mol. The Morgan fingerprint density at radius 2 is 2.00 bits per heavy atom. The standard InChI is InChI=1S/C25H31BN6O2S/c1-4-32-13-12-18(16-32)34-17-10-11-20(22(14-17)33-5-2)30-25-28-15-19(26)24(31-25)29-21-8-6-7-9-23(21)35-27-3/h6-11,14-15,18,27H,4-5,12-13,16H2,1-3H3,(H2,28,29,30,31). The molecule has 0 aliphatic carbocycles. The molecule has 35 heavy (non-hydrogen) atoms. The van der Waals surface area contributed by atoms with Crippen molar-refractivity contribution in [2.24, 2.45) is 0 Å². The Kier molecular flexibility index (Phi) is 8.73. The van der Waals surface area contributed by atoms with Crippen molar-refractivity contribution in [2.75, 3.05) is 43.9 Å². The Bertz CT molecular complexity index is 1130. The van der Waals surface area contributed by atoms with Crippen LogP contribution in [0.4, 0.5) is 23.1 Å². The SMILES string of the molecule is [B]c1cnc(Nc2ccc(OC3CCN(CC)C3)cc2OCC)nc1Nc1ccccc1SNC. The Morgan fingerprint density at radius 1 is 1.14 bits per heavy atom. The van der Waals surface area contributed by atoms with Crippen molar-refractivity contribution in [3.05, 3.63) is 48.7 Å². The third kappa shape index (κ3) is 6.59. The van der Waals surface area contributed by atoms with Gasteiger partial charge in [-0.3, -0.25) is 9.62 Å². The number of para-hydroxylation sites is 1. The molecule has 1 aromatic heterocycles. The fourth-order valence-electron chi connectivity index (χ4n) is 3.90. The first-order valence-corrected chi connectivity index (χ1v) is 12.7. The second kappa shape index (κ2) is 12.1. The number of rotatable bonds is 11. The van der Waals surface area contributed by atoms with Crippen molar-refractivity contribution in [1.82, 2.24) is 19.6 Å². The minimum Gasteiger partial charge on any atom is -0.492 e. The first kappa shape index (κ1) is 25.2. The lowest BCUT2D eigenvalue weighted by molar-refractivity contribution is 0.201. The van der Waals surface area contributed by atoms with Crippen LogP contribution >= 0.6 is 11.9 Å². The van der Waals surface area contributed by atoms with Crippen molar-refractivity contribution >= 4 is 48.4 Å². The minimum atomic E-state index is 0.196. The highest BCUT2D eigenvalue weighted by Gasteiger charge is 2.23. The van der Waals surface area contributed by atoms with E-state index < -0.39 is 0 Å². The van der Waals surface area contributed by atoms with E-state index in [9.17, 15) is 0 Å². The fourth-order valence-corrected chi connectivity index (χ4v) is 4.49. The molecule has 1 aliphatic rings. The van der Waals surface area contributed by atoms with Crippen LogP contribution in [0.3, 0.4) is 0 Å². The average Bonchev–Trinajstić information content (AvgIpc) is 3.32. The molecule has 3 aromatic rings. The highest BCUT2D eigenvalue weighted by atomic mass is 32.2. The number of nitrogens with one attached hydrogen (secondary N) is 3. The lowest BCUT2D eigenvalue weighted by Crippen LogP contribution is -2.24. The third-order valence-electron chi connectivity index (χ3n) is 5.65. The number of benzene rings is 2. The molecule has 4 rings (SSSR count). The lowest BCUT2D eigenvalue weighted by Gasteiger charge is -2.18. The van der Waals surface area contributed by atoms with Crippen molar-refractivity contribution in [3.8, 4) is 11.5 Å². The van der Waals surface area contributed by atoms with E-state index in [-0.39, 0.29) is 6.10 Å². The number of aromatic nitrogens is 2. The summed E-state index contributed by atoms with van der Waals surface area (Å²) in [6.07, 6.45) is 2.81. The molecule has 1 aliphatic heterocycles. The maximum atomic E-state index is 6.22. The van der Waals surface area contributed by atoms with Crippen LogP contribution in [0.5, 0.6) is 11.5 Å². The predicted octanol–water partition coefficient (Wildman–Crippen LogP) is 3.86. The zero-order valence-corrected chi connectivity index (χ0v) is 21.2. The summed E-state index contributed by atoms with van der Waals surface area (Å²) in [4.78, 5) is 12.4. The van der Waals surface area contributed by atoms with E-state index in [2.05, 4.69) is 37.1 Å². The molecule has 2 heterocycles. The molecule has 0 saturated carbocycles. The van der Waals surface area contributed by atoms with Gasteiger partial charge in [-0.25, -0.2) is 4.98 Å². The zero-order chi connectivity index (χ0) is 24.6. The molecule has 1 atom stereocenters. The Hall–Kier alpha value is -2.95. The molecular weight excluding hydrogens is 459 g/mol. The Morgan fingerprint density at radius 3 is 2.77 bits per heavy atom. The molecule has 0 spiro atoms. The Balaban J connectivity index is 1.51. The van der Waals surface area contributed by atoms with Gasteiger partial charge in [0.25, 0.3) is 0 Å². The fraction of sp³-hybridized carbons (Fsp3) is 0.360. The van der Waals surface area contributed by atoms with Gasteiger partial charge in [0.2, 0.25) is 5.95 Å². The number of nitrogens with zero attached hydrogens (tertiary/aromatic N) is 3. The maximum absolute atomic E-state index is 6.22. The molecule has 2 radical (unpaired) electrons. The molecule has 0 amide bonds. The number of likely N-dealkylation sites (N-methyl/N-ethyl adjacent to an activating group) is 1. The van der Waals surface area contributed by atoms with Crippen LogP contribution in [0.1, 0.15) is 20.3 Å². The summed E-state index contributed by atoms with van der Waals surface area (Å²) >= 11 is 1.51. The van der Waals surface area contributed by atoms with E-state index in [0.29, 0.717) is 29.6 Å². The highest BCUT2D eigenvalue weighted by Crippen LogP contribution is 2.33. The van der Waals surface area contributed by atoms with E-state index in [1.165, 1.54) is 11.9 Å². The number of anilines is 4. The van der Waals surface area contributed by atoms with E-state index in [4.69, 9.17) is 17.3 Å². The summed E-state index contributed by atoms with van der Waals surface area (Å²) in [5, 5.41) is 6.58. The monoisotopic (exact) mass is 490 g/mol. The first-order valence-electron chi connectivity index (χ1n) is 11.8. The van der Waals surface area contributed by atoms with Crippen LogP contribution in [0.15, 0.2) is 53.6 Å². The summed E-state index contributed by atoms with van der Waals surface area (Å²) in [7, 11) is 8.04. The number of likely N-dealkylation sites (tertiary alicyclic amines) is 1. The molecule has 1 unspecified atom stereocenters. The van der Waals surface area contributed by atoms with Gasteiger partial charge in [0.1, 0.15) is 31.3 Å². The molecule has 1 fully saturated rings. The second-order valence-electron chi connectivity index (χ2n) is 8.06. The van der Waals surface area contributed by atoms with Crippen molar-refractivity contribution in [1.29, 1.82) is 0 Å². The summed E-state index contributed by atoms with van der Waals surface area (Å²) in [6.45, 7) is 7.73. The van der Waals surface area contributed by atoms with E-state index in [1.54, 1.807) is 6.20 Å². The minimum absolute atomic E-state index is 0.196. The number of ether oxygens (including phenoxy) is 2. The van der Waals surface area contributed by atoms with Gasteiger partial charge < -0.3 is 20.1 Å². The smallest absolute Gasteiger partial charge is 0.229 e. The largest absolute Gasteiger partial charge is 0.492 e. The van der Waals surface area contributed by atoms with Gasteiger partial charge in [0, 0.05) is 30.2 Å². The van der Waals surface area contributed by atoms with Gasteiger partial charge in [0.05, 0.1) is 18.0 Å². The predicted molar refractivity (Wildman–Crippen MR) is 144 cm³/mol. The van der Waals surface area contributed by atoms with Gasteiger partial charge in [0.15, 0.2) is 0 Å². The number of hydrogen-bond donors (Lipinski definition) is 3. The normalized spacial score (nSPS) is 15.7. The van der Waals surface area contributed by atoms with Gasteiger partial charge in [-0.15, -0.1) is 0 Å². The molecule has 3 N–H and O–H groups in total. The molecule has 10 heteroatoms. The second-order valence-corrected chi connectivity index (χ2v) is 9.11. The van der Waals surface area contributed by atoms with Crippen LogP contribution in [0.2, 0.25) is 0 Å². The summed E-state index contributed by atoms with van der Waals surface area (Å²) in [6, 6.07) is 13.7. The van der Waals surface area contributed by atoms with Gasteiger partial charge in [-0.1, -0.05) is 19.1 Å². The van der Waals surface area contributed by atoms with Crippen LogP contribution in [-0.4, -0.2) is 62.1 Å².